The number of hydrogen-bond acceptors (Lipinski definition) is 7. The van der Waals surface area contributed by atoms with Crippen molar-refractivity contribution < 1.29 is 24.2 Å². The lowest BCUT2D eigenvalue weighted by Gasteiger charge is -2.40. The number of methoxy groups -OCH3 is 1. The molecule has 0 atom stereocenters. The van der Waals surface area contributed by atoms with Crippen LogP contribution in [0.25, 0.3) is 0 Å². The predicted octanol–water partition coefficient (Wildman–Crippen LogP) is 0.566. The first-order valence-corrected chi connectivity index (χ1v) is 8.85. The zero-order valence-electron chi connectivity index (χ0n) is 14.6. The quantitative estimate of drug-likeness (QED) is 0.357. The molecule has 0 spiro atoms. The number of carbonyl (C=O) groups excluding carboxylic acids is 2. The Kier molecular flexibility index (Phi) is 9.31. The number of nitrogens with one attached hydrogen (secondary N) is 2. The van der Waals surface area contributed by atoms with Gasteiger partial charge in [0.2, 0.25) is 11.8 Å². The summed E-state index contributed by atoms with van der Waals surface area (Å²) in [5.41, 5.74) is -0.760. The van der Waals surface area contributed by atoms with Crippen LogP contribution in [0.2, 0.25) is 0 Å². The maximum atomic E-state index is 12.7. The van der Waals surface area contributed by atoms with Crippen molar-refractivity contribution in [2.75, 3.05) is 38.7 Å². The van der Waals surface area contributed by atoms with Crippen molar-refractivity contribution >= 4 is 34.8 Å². The maximum Gasteiger partial charge on any atom is 0.290 e. The summed E-state index contributed by atoms with van der Waals surface area (Å²) in [7, 11) is 1.59. The molecular formula is C16H24N4O5S. The van der Waals surface area contributed by atoms with E-state index in [9.17, 15) is 9.59 Å². The summed E-state index contributed by atoms with van der Waals surface area (Å²) in [5.74, 6) is -0.192. The highest BCUT2D eigenvalue weighted by atomic mass is 32.1. The summed E-state index contributed by atoms with van der Waals surface area (Å²) < 4.78 is 4.97. The Balaban J connectivity index is 0.00000105. The highest BCUT2D eigenvalue weighted by molar-refractivity contribution is 7.13. The zero-order chi connectivity index (χ0) is 19.4. The third kappa shape index (κ3) is 6.12. The molecule has 0 unspecified atom stereocenters. The monoisotopic (exact) mass is 384 g/mol. The number of carboxylic acid groups (broad SMARTS) is 1. The van der Waals surface area contributed by atoms with Gasteiger partial charge in [-0.25, -0.2) is 4.98 Å². The summed E-state index contributed by atoms with van der Waals surface area (Å²) in [5, 5.41) is 15.6. The Morgan fingerprint density at radius 3 is 2.65 bits per heavy atom. The molecule has 0 aromatic carbocycles. The number of ether oxygens (including phenoxy) is 1. The summed E-state index contributed by atoms with van der Waals surface area (Å²) in [4.78, 5) is 38.7. The van der Waals surface area contributed by atoms with Crippen molar-refractivity contribution in [3.63, 3.8) is 0 Å². The zero-order valence-corrected chi connectivity index (χ0v) is 15.5. The fourth-order valence-electron chi connectivity index (χ4n) is 2.57. The van der Waals surface area contributed by atoms with E-state index in [-0.39, 0.29) is 18.3 Å². The minimum absolute atomic E-state index is 0.0875. The van der Waals surface area contributed by atoms with Crippen LogP contribution in [0.3, 0.4) is 0 Å². The Bertz CT molecular complexity index is 585. The predicted molar refractivity (Wildman–Crippen MR) is 98.1 cm³/mol. The largest absolute Gasteiger partial charge is 0.483 e. The second-order valence-corrected chi connectivity index (χ2v) is 6.32. The first-order valence-electron chi connectivity index (χ1n) is 7.97. The third-order valence-corrected chi connectivity index (χ3v) is 4.60. The highest BCUT2D eigenvalue weighted by Gasteiger charge is 2.42. The SMILES string of the molecule is C=CC(=O)N1CCC(Nc2nccs2)(C(=O)NCCOC)CC1.O=CO. The minimum Gasteiger partial charge on any atom is -0.483 e. The Morgan fingerprint density at radius 1 is 1.50 bits per heavy atom. The summed E-state index contributed by atoms with van der Waals surface area (Å²) in [6.45, 7) is 5.17. The van der Waals surface area contributed by atoms with Gasteiger partial charge < -0.3 is 25.4 Å². The molecular weight excluding hydrogens is 360 g/mol. The summed E-state index contributed by atoms with van der Waals surface area (Å²) >= 11 is 1.45. The molecule has 10 heteroatoms. The number of hydrogen-bond donors (Lipinski definition) is 3. The van der Waals surface area contributed by atoms with Gasteiger partial charge in [0.1, 0.15) is 5.54 Å². The molecule has 0 aliphatic carbocycles. The summed E-state index contributed by atoms with van der Waals surface area (Å²) in [6.07, 6.45) is 4.04. The number of nitrogens with zero attached hydrogens (tertiary/aromatic N) is 2. The third-order valence-electron chi connectivity index (χ3n) is 3.91. The number of rotatable bonds is 7. The molecule has 9 nitrogen and oxygen atoms in total. The van der Waals surface area contributed by atoms with E-state index in [1.807, 2.05) is 5.38 Å². The van der Waals surface area contributed by atoms with E-state index >= 15 is 0 Å². The molecule has 144 valence electrons. The molecule has 2 rings (SSSR count). The molecule has 2 amide bonds. The van der Waals surface area contributed by atoms with E-state index in [4.69, 9.17) is 14.6 Å². The number of carbonyl (C=O) groups is 3. The van der Waals surface area contributed by atoms with Crippen molar-refractivity contribution in [1.82, 2.24) is 15.2 Å². The smallest absolute Gasteiger partial charge is 0.290 e. The van der Waals surface area contributed by atoms with Gasteiger partial charge in [0.25, 0.3) is 6.47 Å². The molecule has 0 radical (unpaired) electrons. The van der Waals surface area contributed by atoms with Gasteiger partial charge in [0, 0.05) is 38.3 Å². The molecule has 0 bridgehead atoms. The molecule has 1 aromatic heterocycles. The lowest BCUT2D eigenvalue weighted by molar-refractivity contribution is -0.132. The normalized spacial score (nSPS) is 15.2. The molecule has 2 heterocycles. The number of anilines is 1. The number of likely N-dealkylation sites (tertiary alicyclic amines) is 1. The molecule has 1 aliphatic heterocycles. The average molecular weight is 384 g/mol. The molecule has 1 saturated heterocycles. The first kappa shape index (κ1) is 21.6. The number of amides is 2. The second kappa shape index (κ2) is 11.2. The van der Waals surface area contributed by atoms with Gasteiger partial charge >= 0.3 is 0 Å². The van der Waals surface area contributed by atoms with Crippen molar-refractivity contribution in [3.05, 3.63) is 24.2 Å². The number of aromatic nitrogens is 1. The van der Waals surface area contributed by atoms with Gasteiger partial charge in [-0.2, -0.15) is 0 Å². The lowest BCUT2D eigenvalue weighted by atomic mass is 9.86. The van der Waals surface area contributed by atoms with Crippen LogP contribution >= 0.6 is 11.3 Å². The van der Waals surface area contributed by atoms with E-state index in [0.29, 0.717) is 44.2 Å². The fraction of sp³-hybridized carbons (Fsp3) is 0.500. The van der Waals surface area contributed by atoms with Crippen LogP contribution in [0.5, 0.6) is 0 Å². The summed E-state index contributed by atoms with van der Waals surface area (Å²) in [6, 6.07) is 0. The Hall–Kier alpha value is -2.46. The van der Waals surface area contributed by atoms with Crippen LogP contribution in [-0.4, -0.2) is 72.2 Å². The Labute approximate surface area is 156 Å². The van der Waals surface area contributed by atoms with E-state index in [0.717, 1.165) is 0 Å². The van der Waals surface area contributed by atoms with Crippen molar-refractivity contribution in [3.8, 4) is 0 Å². The van der Waals surface area contributed by atoms with Gasteiger partial charge in [-0.3, -0.25) is 14.4 Å². The lowest BCUT2D eigenvalue weighted by Crippen LogP contribution is -2.59. The molecule has 3 N–H and O–H groups in total. The van der Waals surface area contributed by atoms with Crippen molar-refractivity contribution in [2.45, 2.75) is 18.4 Å². The minimum atomic E-state index is -0.760. The van der Waals surface area contributed by atoms with Crippen LogP contribution < -0.4 is 10.6 Å². The molecule has 1 fully saturated rings. The topological polar surface area (TPSA) is 121 Å². The van der Waals surface area contributed by atoms with Gasteiger partial charge in [-0.05, 0) is 18.9 Å². The Morgan fingerprint density at radius 2 is 2.15 bits per heavy atom. The number of thiazole rings is 1. The van der Waals surface area contributed by atoms with Crippen LogP contribution in [0.1, 0.15) is 12.8 Å². The van der Waals surface area contributed by atoms with Crippen molar-refractivity contribution in [2.24, 2.45) is 0 Å². The average Bonchev–Trinajstić information content (AvgIpc) is 3.15. The van der Waals surface area contributed by atoms with E-state index < -0.39 is 5.54 Å². The maximum absolute atomic E-state index is 12.7. The second-order valence-electron chi connectivity index (χ2n) is 5.43. The van der Waals surface area contributed by atoms with Gasteiger partial charge in [-0.15, -0.1) is 11.3 Å². The van der Waals surface area contributed by atoms with Crippen LogP contribution in [0.4, 0.5) is 5.13 Å². The molecule has 1 aliphatic rings. The fourth-order valence-corrected chi connectivity index (χ4v) is 3.20. The van der Waals surface area contributed by atoms with Crippen molar-refractivity contribution in [1.29, 1.82) is 0 Å². The molecule has 26 heavy (non-hydrogen) atoms. The van der Waals surface area contributed by atoms with Gasteiger partial charge in [0.05, 0.1) is 6.61 Å². The van der Waals surface area contributed by atoms with E-state index in [2.05, 4.69) is 22.2 Å². The van der Waals surface area contributed by atoms with E-state index in [1.54, 1.807) is 18.2 Å². The van der Waals surface area contributed by atoms with Gasteiger partial charge in [-0.1, -0.05) is 6.58 Å². The standard InChI is InChI=1S/C15H22N4O3S.CH2O2/c1-3-12(20)19-8-4-15(5-9-19,13(21)16-6-10-22-2)18-14-17-7-11-23-14;2-1-3/h3,7,11H,1,4-6,8-10H2,2H3,(H,16,21)(H,17,18);1H,(H,2,3). The van der Waals surface area contributed by atoms with Crippen LogP contribution in [0.15, 0.2) is 24.2 Å². The van der Waals surface area contributed by atoms with Gasteiger partial charge in [0.15, 0.2) is 5.13 Å². The highest BCUT2D eigenvalue weighted by Crippen LogP contribution is 2.28. The molecule has 0 saturated carbocycles. The van der Waals surface area contributed by atoms with Crippen LogP contribution in [0, 0.1) is 0 Å². The number of piperidine rings is 1. The first-order chi connectivity index (χ1) is 12.5. The van der Waals surface area contributed by atoms with Crippen LogP contribution in [-0.2, 0) is 19.1 Å². The molecule has 1 aromatic rings. The van der Waals surface area contributed by atoms with E-state index in [1.165, 1.54) is 17.4 Å².